The van der Waals surface area contributed by atoms with Crippen LogP contribution in [0.15, 0.2) is 24.3 Å². The molecule has 0 aliphatic carbocycles. The summed E-state index contributed by atoms with van der Waals surface area (Å²) >= 11 is 6.14. The summed E-state index contributed by atoms with van der Waals surface area (Å²) < 4.78 is 5.99. The smallest absolute Gasteiger partial charge is 0.227 e. The normalized spacial score (nSPS) is 27.2. The Bertz CT molecular complexity index is 579. The monoisotopic (exact) mass is 337 g/mol. The third kappa shape index (κ3) is 3.87. The summed E-state index contributed by atoms with van der Waals surface area (Å²) in [6.07, 6.45) is 3.26. The van der Waals surface area contributed by atoms with Crippen LogP contribution in [0, 0.1) is 0 Å². The average Bonchev–Trinajstić information content (AvgIpc) is 2.49. The number of carbonyl (C=O) groups excluding carboxylic acids is 1. The van der Waals surface area contributed by atoms with Crippen molar-refractivity contribution in [3.8, 4) is 0 Å². The number of hydrogen-bond donors (Lipinski definition) is 1. The Morgan fingerprint density at radius 3 is 2.65 bits per heavy atom. The molecule has 5 heteroatoms. The summed E-state index contributed by atoms with van der Waals surface area (Å²) in [5.41, 5.74) is -0.0402. The van der Waals surface area contributed by atoms with Gasteiger partial charge in [-0.3, -0.25) is 4.79 Å². The second-order valence-corrected chi connectivity index (χ2v) is 7.51. The van der Waals surface area contributed by atoms with Crippen molar-refractivity contribution in [2.75, 3.05) is 19.7 Å². The van der Waals surface area contributed by atoms with Gasteiger partial charge in [-0.2, -0.15) is 0 Å². The lowest BCUT2D eigenvalue weighted by atomic mass is 9.78. The van der Waals surface area contributed by atoms with E-state index in [4.69, 9.17) is 16.3 Å². The van der Waals surface area contributed by atoms with Gasteiger partial charge in [0.25, 0.3) is 0 Å². The van der Waals surface area contributed by atoms with Crippen LogP contribution >= 0.6 is 11.6 Å². The van der Waals surface area contributed by atoms with Gasteiger partial charge in [0.05, 0.1) is 24.2 Å². The van der Waals surface area contributed by atoms with E-state index in [-0.39, 0.29) is 11.5 Å². The number of benzene rings is 1. The fraction of sp³-hybridized carbons (Fsp3) is 0.611. The number of rotatable bonds is 2. The first-order valence-corrected chi connectivity index (χ1v) is 8.65. The van der Waals surface area contributed by atoms with Gasteiger partial charge in [-0.1, -0.05) is 29.8 Å². The maximum Gasteiger partial charge on any atom is 0.227 e. The van der Waals surface area contributed by atoms with Crippen molar-refractivity contribution < 1.29 is 14.6 Å². The molecule has 1 amide bonds. The minimum Gasteiger partial charge on any atom is -0.390 e. The zero-order valence-electron chi connectivity index (χ0n) is 13.6. The highest BCUT2D eigenvalue weighted by Crippen LogP contribution is 2.39. The Kier molecular flexibility index (Phi) is 4.68. The van der Waals surface area contributed by atoms with Gasteiger partial charge in [-0.05, 0) is 37.8 Å². The van der Waals surface area contributed by atoms with Crippen LogP contribution in [-0.4, -0.2) is 46.8 Å². The molecule has 126 valence electrons. The third-order valence-corrected chi connectivity index (χ3v) is 5.45. The number of piperidine rings is 1. The zero-order valence-corrected chi connectivity index (χ0v) is 14.3. The van der Waals surface area contributed by atoms with Crippen LogP contribution in [0.1, 0.15) is 38.2 Å². The maximum absolute atomic E-state index is 12.5. The van der Waals surface area contributed by atoms with Gasteiger partial charge >= 0.3 is 0 Å². The molecule has 1 N–H and O–H groups in total. The number of ether oxygens (including phenoxy) is 1. The highest BCUT2D eigenvalue weighted by Gasteiger charge is 2.44. The SMILES string of the molecule is CC1(O)CCOC2(CCN(C(=O)Cc3ccccc3Cl)CC2)C1. The number of aliphatic hydroxyl groups is 1. The molecule has 1 atom stereocenters. The molecule has 1 unspecified atom stereocenters. The molecular weight excluding hydrogens is 314 g/mol. The lowest BCUT2D eigenvalue weighted by Gasteiger charge is -2.48. The lowest BCUT2D eigenvalue weighted by Crippen LogP contribution is -2.54. The minimum atomic E-state index is -0.651. The van der Waals surface area contributed by atoms with Crippen LogP contribution < -0.4 is 0 Å². The van der Waals surface area contributed by atoms with Crippen LogP contribution in [0.5, 0.6) is 0 Å². The predicted octanol–water partition coefficient (Wildman–Crippen LogP) is 2.81. The van der Waals surface area contributed by atoms with E-state index in [2.05, 4.69) is 0 Å². The van der Waals surface area contributed by atoms with Gasteiger partial charge in [0.1, 0.15) is 0 Å². The largest absolute Gasteiger partial charge is 0.390 e. The molecular formula is C18H24ClNO3. The molecule has 4 nitrogen and oxygen atoms in total. The van der Waals surface area contributed by atoms with E-state index in [0.29, 0.717) is 44.0 Å². The van der Waals surface area contributed by atoms with Crippen LogP contribution in [0.2, 0.25) is 5.02 Å². The standard InChI is InChI=1S/C18H24ClNO3/c1-17(22)8-11-23-18(13-17)6-9-20(10-7-18)16(21)12-14-4-2-3-5-15(14)19/h2-5,22H,6-13H2,1H3. The van der Waals surface area contributed by atoms with E-state index >= 15 is 0 Å². The zero-order chi connectivity index (χ0) is 16.5. The molecule has 1 aromatic rings. The van der Waals surface area contributed by atoms with Gasteiger partial charge in [0.15, 0.2) is 0 Å². The van der Waals surface area contributed by atoms with E-state index in [1.165, 1.54) is 0 Å². The third-order valence-electron chi connectivity index (χ3n) is 5.08. The molecule has 0 bridgehead atoms. The van der Waals surface area contributed by atoms with E-state index in [9.17, 15) is 9.90 Å². The number of hydrogen-bond acceptors (Lipinski definition) is 3. The number of likely N-dealkylation sites (tertiary alicyclic amines) is 1. The van der Waals surface area contributed by atoms with Crippen molar-refractivity contribution >= 4 is 17.5 Å². The fourth-order valence-electron chi connectivity index (χ4n) is 3.72. The van der Waals surface area contributed by atoms with Gasteiger partial charge in [0.2, 0.25) is 5.91 Å². The lowest BCUT2D eigenvalue weighted by molar-refractivity contribution is -0.175. The highest BCUT2D eigenvalue weighted by atomic mass is 35.5. The minimum absolute atomic E-state index is 0.107. The van der Waals surface area contributed by atoms with Gasteiger partial charge < -0.3 is 14.7 Å². The molecule has 2 fully saturated rings. The van der Waals surface area contributed by atoms with Crippen LogP contribution in [0.3, 0.4) is 0 Å². The molecule has 23 heavy (non-hydrogen) atoms. The van der Waals surface area contributed by atoms with Crippen molar-refractivity contribution in [3.63, 3.8) is 0 Å². The summed E-state index contributed by atoms with van der Waals surface area (Å²) in [5.74, 6) is 0.107. The Labute approximate surface area is 142 Å². The van der Waals surface area contributed by atoms with Crippen molar-refractivity contribution in [2.24, 2.45) is 0 Å². The molecule has 1 aromatic carbocycles. The Balaban J connectivity index is 1.58. The van der Waals surface area contributed by atoms with Crippen molar-refractivity contribution in [1.82, 2.24) is 4.90 Å². The predicted molar refractivity (Wildman–Crippen MR) is 89.5 cm³/mol. The summed E-state index contributed by atoms with van der Waals surface area (Å²) in [5, 5.41) is 11.0. The number of nitrogens with zero attached hydrogens (tertiary/aromatic N) is 1. The average molecular weight is 338 g/mol. The van der Waals surface area contributed by atoms with E-state index in [1.807, 2.05) is 36.1 Å². The summed E-state index contributed by atoms with van der Waals surface area (Å²) in [6.45, 7) is 3.84. The van der Waals surface area contributed by atoms with Crippen LogP contribution in [0.25, 0.3) is 0 Å². The second-order valence-electron chi connectivity index (χ2n) is 7.10. The molecule has 2 aliphatic rings. The topological polar surface area (TPSA) is 49.8 Å². The molecule has 2 aliphatic heterocycles. The quantitative estimate of drug-likeness (QED) is 0.902. The van der Waals surface area contributed by atoms with E-state index in [0.717, 1.165) is 18.4 Å². The molecule has 2 heterocycles. The van der Waals surface area contributed by atoms with E-state index in [1.54, 1.807) is 0 Å². The summed E-state index contributed by atoms with van der Waals surface area (Å²) in [4.78, 5) is 14.4. The highest BCUT2D eigenvalue weighted by molar-refractivity contribution is 6.31. The van der Waals surface area contributed by atoms with E-state index < -0.39 is 5.60 Å². The van der Waals surface area contributed by atoms with Crippen molar-refractivity contribution in [2.45, 2.75) is 50.2 Å². The Hall–Kier alpha value is -1.10. The molecule has 3 rings (SSSR count). The van der Waals surface area contributed by atoms with Crippen LogP contribution in [0.4, 0.5) is 0 Å². The summed E-state index contributed by atoms with van der Waals surface area (Å²) in [7, 11) is 0. The molecule has 2 saturated heterocycles. The van der Waals surface area contributed by atoms with Gasteiger partial charge in [-0.25, -0.2) is 0 Å². The van der Waals surface area contributed by atoms with Gasteiger partial charge in [-0.15, -0.1) is 0 Å². The Morgan fingerprint density at radius 1 is 1.30 bits per heavy atom. The van der Waals surface area contributed by atoms with Gasteiger partial charge in [0, 0.05) is 24.5 Å². The van der Waals surface area contributed by atoms with Crippen molar-refractivity contribution in [1.29, 1.82) is 0 Å². The first-order chi connectivity index (χ1) is 10.9. The fourth-order valence-corrected chi connectivity index (χ4v) is 3.92. The van der Waals surface area contributed by atoms with Crippen LogP contribution in [-0.2, 0) is 16.0 Å². The maximum atomic E-state index is 12.5. The molecule has 0 aromatic heterocycles. The molecule has 0 radical (unpaired) electrons. The first-order valence-electron chi connectivity index (χ1n) is 8.27. The Morgan fingerprint density at radius 2 is 2.00 bits per heavy atom. The number of carbonyl (C=O) groups is 1. The molecule has 1 spiro atoms. The molecule has 0 saturated carbocycles. The second kappa shape index (κ2) is 6.42. The summed E-state index contributed by atoms with van der Waals surface area (Å²) in [6, 6.07) is 7.48. The number of amides is 1. The van der Waals surface area contributed by atoms with Crippen molar-refractivity contribution in [3.05, 3.63) is 34.9 Å². The first kappa shape index (κ1) is 16.7. The number of halogens is 1.